The van der Waals surface area contributed by atoms with Crippen LogP contribution in [0, 0.1) is 11.8 Å². The molecule has 0 bridgehead atoms. The summed E-state index contributed by atoms with van der Waals surface area (Å²) < 4.78 is 0. The van der Waals surface area contributed by atoms with Crippen LogP contribution in [0.3, 0.4) is 0 Å². The minimum absolute atomic E-state index is 0.103. The summed E-state index contributed by atoms with van der Waals surface area (Å²) in [6.45, 7) is 3.44. The average Bonchev–Trinajstić information content (AvgIpc) is 2.58. The summed E-state index contributed by atoms with van der Waals surface area (Å²) in [7, 11) is 0. The molecule has 3 fully saturated rings. The first-order valence-electron chi connectivity index (χ1n) is 9.77. The van der Waals surface area contributed by atoms with Crippen LogP contribution in [0.25, 0.3) is 0 Å². The van der Waals surface area contributed by atoms with Gasteiger partial charge in [-0.25, -0.2) is 4.79 Å². The van der Waals surface area contributed by atoms with Crippen LogP contribution >= 0.6 is 11.6 Å². The van der Waals surface area contributed by atoms with Crippen LogP contribution in [0.4, 0.5) is 4.79 Å². The molecule has 0 N–H and O–H groups in total. The van der Waals surface area contributed by atoms with Gasteiger partial charge >= 0.3 is 6.03 Å². The number of halogens is 1. The highest BCUT2D eigenvalue weighted by Crippen LogP contribution is 2.32. The maximum absolute atomic E-state index is 12.9. The van der Waals surface area contributed by atoms with Crippen LogP contribution in [0.1, 0.15) is 71.1 Å². The number of imide groups is 1. The highest BCUT2D eigenvalue weighted by atomic mass is 35.5. The average molecular weight is 355 g/mol. The van der Waals surface area contributed by atoms with E-state index in [0.717, 1.165) is 19.4 Å². The van der Waals surface area contributed by atoms with Crippen LogP contribution in [0.2, 0.25) is 0 Å². The van der Waals surface area contributed by atoms with Gasteiger partial charge in [0.05, 0.1) is 6.54 Å². The van der Waals surface area contributed by atoms with E-state index in [2.05, 4.69) is 0 Å². The van der Waals surface area contributed by atoms with Crippen molar-refractivity contribution in [2.24, 2.45) is 11.8 Å². The van der Waals surface area contributed by atoms with Crippen molar-refractivity contribution in [3.8, 4) is 0 Å². The number of hydrogen-bond donors (Lipinski definition) is 0. The Hall–Kier alpha value is -0.770. The molecule has 1 atom stereocenters. The van der Waals surface area contributed by atoms with E-state index < -0.39 is 4.87 Å². The van der Waals surface area contributed by atoms with Crippen molar-refractivity contribution in [2.75, 3.05) is 19.6 Å². The first-order chi connectivity index (χ1) is 11.5. The molecule has 0 aromatic carbocycles. The third kappa shape index (κ3) is 4.07. The summed E-state index contributed by atoms with van der Waals surface area (Å²) in [5.41, 5.74) is 0. The van der Waals surface area contributed by atoms with Gasteiger partial charge in [0.25, 0.3) is 5.91 Å². The van der Waals surface area contributed by atoms with Gasteiger partial charge in [-0.1, -0.05) is 38.5 Å². The van der Waals surface area contributed by atoms with E-state index in [0.29, 0.717) is 24.9 Å². The molecule has 1 unspecified atom stereocenters. The summed E-state index contributed by atoms with van der Waals surface area (Å²) in [5, 5.41) is 0. The Morgan fingerprint density at radius 3 is 1.96 bits per heavy atom. The van der Waals surface area contributed by atoms with Crippen molar-refractivity contribution < 1.29 is 9.59 Å². The van der Waals surface area contributed by atoms with Crippen LogP contribution < -0.4 is 0 Å². The minimum Gasteiger partial charge on any atom is -0.322 e. The van der Waals surface area contributed by atoms with Gasteiger partial charge in [-0.3, -0.25) is 9.69 Å². The molecular weight excluding hydrogens is 324 g/mol. The van der Waals surface area contributed by atoms with Gasteiger partial charge in [0.2, 0.25) is 0 Å². The van der Waals surface area contributed by atoms with Gasteiger partial charge in [0.1, 0.15) is 4.87 Å². The van der Waals surface area contributed by atoms with Crippen LogP contribution in [0.5, 0.6) is 0 Å². The number of amides is 3. The second kappa shape index (κ2) is 7.63. The predicted molar refractivity (Wildman–Crippen MR) is 96.1 cm³/mol. The molecule has 0 radical (unpaired) electrons. The number of carbonyl (C=O) groups is 2. The summed E-state index contributed by atoms with van der Waals surface area (Å²) in [5.74, 6) is 0.827. The van der Waals surface area contributed by atoms with E-state index in [1.807, 2.05) is 4.90 Å². The zero-order chi connectivity index (χ0) is 17.2. The van der Waals surface area contributed by atoms with Gasteiger partial charge in [-0.2, -0.15) is 0 Å². The van der Waals surface area contributed by atoms with Crippen LogP contribution in [-0.2, 0) is 4.79 Å². The number of hydrogen-bond acceptors (Lipinski definition) is 2. The maximum atomic E-state index is 12.9. The van der Waals surface area contributed by atoms with Crippen molar-refractivity contribution >= 4 is 23.5 Å². The monoisotopic (exact) mass is 354 g/mol. The van der Waals surface area contributed by atoms with Crippen molar-refractivity contribution in [1.29, 1.82) is 0 Å². The first-order valence-corrected chi connectivity index (χ1v) is 10.1. The Morgan fingerprint density at radius 1 is 0.917 bits per heavy atom. The Labute approximate surface area is 150 Å². The molecule has 3 rings (SSSR count). The zero-order valence-electron chi connectivity index (χ0n) is 14.9. The second-order valence-corrected chi connectivity index (χ2v) is 9.12. The van der Waals surface area contributed by atoms with Gasteiger partial charge in [-0.15, -0.1) is 11.6 Å². The number of carbonyl (C=O) groups excluding carboxylic acids is 2. The quantitative estimate of drug-likeness (QED) is 0.701. The Bertz CT molecular complexity index is 468. The Kier molecular flexibility index (Phi) is 5.74. The molecule has 24 heavy (non-hydrogen) atoms. The molecule has 2 aliphatic carbocycles. The van der Waals surface area contributed by atoms with Crippen molar-refractivity contribution in [3.63, 3.8) is 0 Å². The summed E-state index contributed by atoms with van der Waals surface area (Å²) in [6.07, 6.45) is 12.2. The molecular formula is C19H31ClN2O2. The minimum atomic E-state index is -0.975. The van der Waals surface area contributed by atoms with E-state index in [1.54, 1.807) is 6.92 Å². The van der Waals surface area contributed by atoms with Gasteiger partial charge in [0.15, 0.2) is 0 Å². The van der Waals surface area contributed by atoms with E-state index in [4.69, 9.17) is 11.6 Å². The summed E-state index contributed by atoms with van der Waals surface area (Å²) in [6, 6.07) is -0.103. The normalized spacial score (nSPS) is 30.9. The van der Waals surface area contributed by atoms with Gasteiger partial charge in [-0.05, 0) is 44.4 Å². The molecule has 1 saturated heterocycles. The molecule has 5 heteroatoms. The van der Waals surface area contributed by atoms with E-state index in [9.17, 15) is 9.59 Å². The third-order valence-electron chi connectivity index (χ3n) is 6.05. The van der Waals surface area contributed by atoms with E-state index in [-0.39, 0.29) is 11.9 Å². The SMILES string of the molecule is CC1(Cl)CN(CC2CCCCC2)C(=O)N(CC2CCCCC2)C1=O. The largest absolute Gasteiger partial charge is 0.326 e. The molecule has 0 aromatic heterocycles. The standard InChI is InChI=1S/C19H31ClN2O2/c1-19(20)14-21(12-15-8-4-2-5-9-15)18(24)22(17(19)23)13-16-10-6-3-7-11-16/h15-16H,2-14H2,1H3. The smallest absolute Gasteiger partial charge is 0.322 e. The highest BCUT2D eigenvalue weighted by Gasteiger charge is 2.47. The van der Waals surface area contributed by atoms with Crippen LogP contribution in [-0.4, -0.2) is 46.2 Å². The first kappa shape index (κ1) is 18.0. The molecule has 1 heterocycles. The van der Waals surface area contributed by atoms with Gasteiger partial charge < -0.3 is 4.90 Å². The van der Waals surface area contributed by atoms with E-state index in [1.165, 1.54) is 56.3 Å². The molecule has 1 aliphatic heterocycles. The molecule has 3 amide bonds. The number of alkyl halides is 1. The van der Waals surface area contributed by atoms with Crippen molar-refractivity contribution in [1.82, 2.24) is 9.80 Å². The highest BCUT2D eigenvalue weighted by molar-refractivity contribution is 6.36. The molecule has 3 aliphatic rings. The number of rotatable bonds is 4. The van der Waals surface area contributed by atoms with Crippen molar-refractivity contribution in [3.05, 3.63) is 0 Å². The summed E-state index contributed by atoms with van der Waals surface area (Å²) in [4.78, 5) is 28.0. The number of nitrogens with zero attached hydrogens (tertiary/aromatic N) is 2. The summed E-state index contributed by atoms with van der Waals surface area (Å²) >= 11 is 6.53. The van der Waals surface area contributed by atoms with E-state index >= 15 is 0 Å². The fourth-order valence-corrected chi connectivity index (χ4v) is 4.89. The molecule has 0 aromatic rings. The maximum Gasteiger partial charge on any atom is 0.326 e. The topological polar surface area (TPSA) is 40.6 Å². The zero-order valence-corrected chi connectivity index (χ0v) is 15.7. The third-order valence-corrected chi connectivity index (χ3v) is 6.33. The lowest BCUT2D eigenvalue weighted by molar-refractivity contribution is -0.134. The predicted octanol–water partition coefficient (Wildman–Crippen LogP) is 4.41. The second-order valence-electron chi connectivity index (χ2n) is 8.28. The van der Waals surface area contributed by atoms with Gasteiger partial charge in [0, 0.05) is 13.1 Å². The Morgan fingerprint density at radius 2 is 1.42 bits per heavy atom. The fourth-order valence-electron chi connectivity index (χ4n) is 4.65. The lowest BCUT2D eigenvalue weighted by Crippen LogP contribution is -2.63. The molecule has 136 valence electrons. The number of urea groups is 1. The lowest BCUT2D eigenvalue weighted by atomic mass is 9.87. The van der Waals surface area contributed by atoms with Crippen LogP contribution in [0.15, 0.2) is 0 Å². The Balaban J connectivity index is 1.68. The lowest BCUT2D eigenvalue weighted by Gasteiger charge is -2.44. The van der Waals surface area contributed by atoms with Crippen molar-refractivity contribution in [2.45, 2.75) is 76.0 Å². The fraction of sp³-hybridized carbons (Fsp3) is 0.895. The molecule has 0 spiro atoms. The molecule has 4 nitrogen and oxygen atoms in total. The molecule has 2 saturated carbocycles.